The highest BCUT2D eigenvalue weighted by atomic mass is 16.5. The number of hydrogen-bond donors (Lipinski definition) is 1. The van der Waals surface area contributed by atoms with Crippen LogP contribution in [0.5, 0.6) is 0 Å². The Morgan fingerprint density at radius 3 is 2.82 bits per heavy atom. The molecule has 0 aliphatic carbocycles. The highest BCUT2D eigenvalue weighted by Crippen LogP contribution is 2.25. The van der Waals surface area contributed by atoms with E-state index in [2.05, 4.69) is 10.00 Å². The molecule has 0 spiro atoms. The number of nitrogens with zero attached hydrogens (tertiary/aromatic N) is 3. The van der Waals surface area contributed by atoms with E-state index in [1.807, 2.05) is 25.7 Å². The molecule has 0 saturated carbocycles. The number of nitrogens with two attached hydrogens (primary N) is 1. The molecule has 96 valence electrons. The van der Waals surface area contributed by atoms with E-state index >= 15 is 0 Å². The van der Waals surface area contributed by atoms with E-state index in [0.717, 1.165) is 36.8 Å². The van der Waals surface area contributed by atoms with Crippen molar-refractivity contribution in [3.63, 3.8) is 0 Å². The molecule has 2 heterocycles. The first-order valence-electron chi connectivity index (χ1n) is 6.21. The minimum absolute atomic E-state index is 0.323. The number of likely N-dealkylation sites (N-methyl/N-ethyl adjacent to an activating group) is 1. The maximum atomic E-state index is 6.04. The molecule has 1 saturated heterocycles. The normalized spacial score (nSPS) is 20.5. The monoisotopic (exact) mass is 238 g/mol. The van der Waals surface area contributed by atoms with Gasteiger partial charge in [0.25, 0.3) is 0 Å². The van der Waals surface area contributed by atoms with Gasteiger partial charge in [-0.05, 0) is 26.2 Å². The molecule has 0 bridgehead atoms. The fourth-order valence-corrected chi connectivity index (χ4v) is 2.46. The van der Waals surface area contributed by atoms with Crippen LogP contribution >= 0.6 is 0 Å². The van der Waals surface area contributed by atoms with Gasteiger partial charge in [-0.3, -0.25) is 4.68 Å². The Balaban J connectivity index is 2.05. The van der Waals surface area contributed by atoms with Crippen molar-refractivity contribution in [3.05, 3.63) is 5.69 Å². The smallest absolute Gasteiger partial charge is 0.150 e. The van der Waals surface area contributed by atoms with Crippen molar-refractivity contribution in [2.45, 2.75) is 32.3 Å². The summed E-state index contributed by atoms with van der Waals surface area (Å²) in [5.41, 5.74) is 7.70. The molecule has 2 N–H and O–H groups in total. The molecule has 1 aliphatic heterocycles. The van der Waals surface area contributed by atoms with E-state index < -0.39 is 0 Å². The zero-order valence-corrected chi connectivity index (χ0v) is 10.9. The van der Waals surface area contributed by atoms with Gasteiger partial charge in [-0.15, -0.1) is 0 Å². The first-order valence-corrected chi connectivity index (χ1v) is 6.21. The SMILES string of the molecule is Cc1nn(C)c(N(C)CC2CCCCO2)c1N. The minimum Gasteiger partial charge on any atom is -0.394 e. The summed E-state index contributed by atoms with van der Waals surface area (Å²) >= 11 is 0. The molecule has 2 rings (SSSR count). The zero-order valence-electron chi connectivity index (χ0n) is 10.9. The summed E-state index contributed by atoms with van der Waals surface area (Å²) in [7, 11) is 3.97. The first-order chi connectivity index (χ1) is 8.09. The maximum Gasteiger partial charge on any atom is 0.150 e. The van der Waals surface area contributed by atoms with Crippen LogP contribution in [0.4, 0.5) is 11.5 Å². The number of nitrogen functional groups attached to an aromatic ring is 1. The minimum atomic E-state index is 0.323. The summed E-state index contributed by atoms with van der Waals surface area (Å²) in [5.74, 6) is 0.983. The molecule has 1 aromatic rings. The standard InChI is InChI=1S/C12H22N4O/c1-9-11(13)12(16(3)14-9)15(2)8-10-6-4-5-7-17-10/h10H,4-8,13H2,1-3H3. The number of rotatable bonds is 3. The Morgan fingerprint density at radius 1 is 1.53 bits per heavy atom. The third kappa shape index (κ3) is 2.54. The van der Waals surface area contributed by atoms with Gasteiger partial charge in [0.2, 0.25) is 0 Å². The van der Waals surface area contributed by atoms with Gasteiger partial charge in [0.05, 0.1) is 17.5 Å². The van der Waals surface area contributed by atoms with Crippen molar-refractivity contribution in [1.29, 1.82) is 0 Å². The van der Waals surface area contributed by atoms with Crippen LogP contribution in [0, 0.1) is 6.92 Å². The van der Waals surface area contributed by atoms with Crippen LogP contribution < -0.4 is 10.6 Å². The predicted molar refractivity (Wildman–Crippen MR) is 69.2 cm³/mol. The molecule has 17 heavy (non-hydrogen) atoms. The van der Waals surface area contributed by atoms with Crippen molar-refractivity contribution < 1.29 is 4.74 Å². The fourth-order valence-electron chi connectivity index (χ4n) is 2.46. The summed E-state index contributed by atoms with van der Waals surface area (Å²) in [4.78, 5) is 2.14. The summed E-state index contributed by atoms with van der Waals surface area (Å²) in [6, 6.07) is 0. The van der Waals surface area contributed by atoms with Crippen molar-refractivity contribution in [2.24, 2.45) is 7.05 Å². The molecule has 0 aromatic carbocycles. The van der Waals surface area contributed by atoms with Crippen LogP contribution in [0.25, 0.3) is 0 Å². The zero-order chi connectivity index (χ0) is 12.4. The second-order valence-corrected chi connectivity index (χ2v) is 4.82. The molecule has 0 amide bonds. The van der Waals surface area contributed by atoms with Crippen LogP contribution in [-0.4, -0.2) is 36.1 Å². The van der Waals surface area contributed by atoms with Gasteiger partial charge < -0.3 is 15.4 Å². The van der Waals surface area contributed by atoms with E-state index in [9.17, 15) is 0 Å². The number of hydrogen-bond acceptors (Lipinski definition) is 4. The lowest BCUT2D eigenvalue weighted by Gasteiger charge is -2.28. The van der Waals surface area contributed by atoms with Crippen LogP contribution in [0.15, 0.2) is 0 Å². The van der Waals surface area contributed by atoms with E-state index in [4.69, 9.17) is 10.5 Å². The van der Waals surface area contributed by atoms with Crippen molar-refractivity contribution in [1.82, 2.24) is 9.78 Å². The van der Waals surface area contributed by atoms with Crippen molar-refractivity contribution in [3.8, 4) is 0 Å². The number of aryl methyl sites for hydroxylation is 2. The molecule has 5 nitrogen and oxygen atoms in total. The Labute approximate surface area is 103 Å². The predicted octanol–water partition coefficient (Wildman–Crippen LogP) is 1.32. The van der Waals surface area contributed by atoms with Crippen molar-refractivity contribution in [2.75, 3.05) is 30.8 Å². The number of ether oxygens (including phenoxy) is 1. The van der Waals surface area contributed by atoms with Gasteiger partial charge in [-0.1, -0.05) is 0 Å². The topological polar surface area (TPSA) is 56.3 Å². The lowest BCUT2D eigenvalue weighted by atomic mass is 10.1. The highest BCUT2D eigenvalue weighted by Gasteiger charge is 2.20. The largest absolute Gasteiger partial charge is 0.394 e. The lowest BCUT2D eigenvalue weighted by molar-refractivity contribution is 0.0215. The molecule has 0 radical (unpaired) electrons. The first kappa shape index (κ1) is 12.2. The molecular weight excluding hydrogens is 216 g/mol. The van der Waals surface area contributed by atoms with E-state index in [0.29, 0.717) is 6.10 Å². The molecule has 1 aliphatic rings. The van der Waals surface area contributed by atoms with Crippen LogP contribution in [0.2, 0.25) is 0 Å². The van der Waals surface area contributed by atoms with Gasteiger partial charge in [0, 0.05) is 27.2 Å². The fraction of sp³-hybridized carbons (Fsp3) is 0.750. The molecule has 5 heteroatoms. The summed E-state index contributed by atoms with van der Waals surface area (Å²) in [6.07, 6.45) is 3.91. The van der Waals surface area contributed by atoms with E-state index in [1.165, 1.54) is 12.8 Å². The molecule has 1 atom stereocenters. The summed E-state index contributed by atoms with van der Waals surface area (Å²) in [6.45, 7) is 3.70. The average Bonchev–Trinajstić information content (AvgIpc) is 2.54. The third-order valence-corrected chi connectivity index (χ3v) is 3.35. The van der Waals surface area contributed by atoms with Crippen LogP contribution in [0.1, 0.15) is 25.0 Å². The van der Waals surface area contributed by atoms with Gasteiger partial charge >= 0.3 is 0 Å². The van der Waals surface area contributed by atoms with Crippen molar-refractivity contribution >= 4 is 11.5 Å². The summed E-state index contributed by atoms with van der Waals surface area (Å²) in [5, 5.41) is 4.33. The van der Waals surface area contributed by atoms with Crippen LogP contribution in [0.3, 0.4) is 0 Å². The Bertz CT molecular complexity index is 382. The second-order valence-electron chi connectivity index (χ2n) is 4.82. The number of aromatic nitrogens is 2. The lowest BCUT2D eigenvalue weighted by Crippen LogP contribution is -2.34. The Morgan fingerprint density at radius 2 is 2.29 bits per heavy atom. The second kappa shape index (κ2) is 4.96. The quantitative estimate of drug-likeness (QED) is 0.862. The third-order valence-electron chi connectivity index (χ3n) is 3.35. The van der Waals surface area contributed by atoms with E-state index in [-0.39, 0.29) is 0 Å². The Hall–Kier alpha value is -1.23. The van der Waals surface area contributed by atoms with Gasteiger partial charge in [0.1, 0.15) is 5.82 Å². The molecular formula is C12H22N4O. The molecule has 1 unspecified atom stereocenters. The highest BCUT2D eigenvalue weighted by molar-refractivity contribution is 5.65. The van der Waals surface area contributed by atoms with Gasteiger partial charge in [-0.2, -0.15) is 5.10 Å². The van der Waals surface area contributed by atoms with Gasteiger partial charge in [0.15, 0.2) is 0 Å². The van der Waals surface area contributed by atoms with Crippen LogP contribution in [-0.2, 0) is 11.8 Å². The number of anilines is 2. The maximum absolute atomic E-state index is 6.04. The molecule has 1 fully saturated rings. The van der Waals surface area contributed by atoms with E-state index in [1.54, 1.807) is 0 Å². The van der Waals surface area contributed by atoms with Gasteiger partial charge in [-0.25, -0.2) is 0 Å². The molecule has 1 aromatic heterocycles. The summed E-state index contributed by atoms with van der Waals surface area (Å²) < 4.78 is 7.59. The average molecular weight is 238 g/mol. The Kier molecular flexibility index (Phi) is 3.57.